The molecule has 0 saturated carbocycles. The van der Waals surface area contributed by atoms with Gasteiger partial charge in [0.1, 0.15) is 10.6 Å². The van der Waals surface area contributed by atoms with Gasteiger partial charge in [-0.05, 0) is 68.3 Å². The number of thiophene rings is 1. The molecule has 182 valence electrons. The summed E-state index contributed by atoms with van der Waals surface area (Å²) in [7, 11) is 0. The summed E-state index contributed by atoms with van der Waals surface area (Å²) in [6.45, 7) is 6.59. The maximum atomic E-state index is 13.7. The Labute approximate surface area is 217 Å². The Kier molecular flexibility index (Phi) is 8.15. The van der Waals surface area contributed by atoms with Gasteiger partial charge in [-0.3, -0.25) is 14.2 Å². The molecule has 4 rings (SSSR count). The van der Waals surface area contributed by atoms with E-state index >= 15 is 0 Å². The van der Waals surface area contributed by atoms with E-state index in [9.17, 15) is 9.59 Å². The van der Waals surface area contributed by atoms with E-state index < -0.39 is 0 Å². The zero-order chi connectivity index (χ0) is 24.9. The number of carbonyl (C=O) groups excluding carboxylic acids is 1. The lowest BCUT2D eigenvalue weighted by Gasteiger charge is -2.13. The number of rotatable bonds is 9. The fourth-order valence-corrected chi connectivity index (χ4v) is 6.07. The Bertz CT molecular complexity index is 1410. The van der Waals surface area contributed by atoms with E-state index in [1.807, 2.05) is 38.1 Å². The molecule has 4 aromatic rings. The number of aromatic nitrogens is 2. The second-order valence-corrected chi connectivity index (χ2v) is 10.4. The number of halogens is 1. The molecule has 0 aliphatic rings. The molecule has 0 unspecified atom stereocenters. The molecule has 2 heterocycles. The number of thioether (sulfide) groups is 1. The monoisotopic (exact) mass is 527 g/mol. The number of anilines is 1. The van der Waals surface area contributed by atoms with Crippen LogP contribution in [0.1, 0.15) is 30.7 Å². The summed E-state index contributed by atoms with van der Waals surface area (Å²) in [6, 6.07) is 14.3. The van der Waals surface area contributed by atoms with Gasteiger partial charge in [0.25, 0.3) is 5.56 Å². The van der Waals surface area contributed by atoms with Crippen LogP contribution in [-0.2, 0) is 11.2 Å². The van der Waals surface area contributed by atoms with Crippen LogP contribution in [0.4, 0.5) is 5.69 Å². The van der Waals surface area contributed by atoms with Crippen molar-refractivity contribution in [3.05, 3.63) is 74.3 Å². The van der Waals surface area contributed by atoms with Gasteiger partial charge in [-0.25, -0.2) is 4.98 Å². The number of hydrogen-bond acceptors (Lipinski definition) is 6. The molecule has 9 heteroatoms. The third-order valence-corrected chi connectivity index (χ3v) is 7.78. The van der Waals surface area contributed by atoms with Crippen molar-refractivity contribution in [2.45, 2.75) is 38.8 Å². The maximum absolute atomic E-state index is 13.7. The molecule has 6 nitrogen and oxygen atoms in total. The minimum Gasteiger partial charge on any atom is -0.494 e. The quantitative estimate of drug-likeness (QED) is 0.199. The van der Waals surface area contributed by atoms with Crippen LogP contribution in [0, 0.1) is 6.92 Å². The third kappa shape index (κ3) is 5.72. The van der Waals surface area contributed by atoms with Crippen molar-refractivity contribution >= 4 is 56.5 Å². The first kappa shape index (κ1) is 25.3. The summed E-state index contributed by atoms with van der Waals surface area (Å²) < 4.78 is 7.14. The number of nitrogens with one attached hydrogen (secondary N) is 1. The first-order valence-corrected chi connectivity index (χ1v) is 13.6. The fraction of sp³-hybridized carbons (Fsp3) is 0.269. The summed E-state index contributed by atoms with van der Waals surface area (Å²) in [6.07, 6.45) is 1.89. The molecule has 1 amide bonds. The standard InChI is InChI=1S/C26H26ClN3O3S2/c1-4-7-21-16(3)23-24(35-21)29-26(34-15-22(31)28-18-9-6-8-17(27)14-18)30(25(23)32)19-10-12-20(13-11-19)33-5-2/h6,8-14H,4-5,7,15H2,1-3H3,(H,28,31). The molecule has 0 spiro atoms. The molecule has 1 N–H and O–H groups in total. The number of amides is 1. The van der Waals surface area contributed by atoms with Gasteiger partial charge in [0.2, 0.25) is 5.91 Å². The van der Waals surface area contributed by atoms with E-state index in [0.717, 1.165) is 24.2 Å². The molecule has 2 aromatic carbocycles. The Morgan fingerprint density at radius 3 is 2.66 bits per heavy atom. The van der Waals surface area contributed by atoms with Crippen molar-refractivity contribution in [3.8, 4) is 11.4 Å². The molecular formula is C26H26ClN3O3S2. The fourth-order valence-electron chi connectivity index (χ4n) is 3.75. The molecule has 0 bridgehead atoms. The number of ether oxygens (including phenoxy) is 1. The number of fused-ring (bicyclic) bond motifs is 1. The smallest absolute Gasteiger partial charge is 0.267 e. The van der Waals surface area contributed by atoms with E-state index in [4.69, 9.17) is 21.3 Å². The van der Waals surface area contributed by atoms with Crippen molar-refractivity contribution in [2.75, 3.05) is 17.7 Å². The van der Waals surface area contributed by atoms with Crippen LogP contribution in [0.15, 0.2) is 58.5 Å². The van der Waals surface area contributed by atoms with Crippen molar-refractivity contribution in [1.29, 1.82) is 0 Å². The summed E-state index contributed by atoms with van der Waals surface area (Å²) in [5.74, 6) is 0.609. The van der Waals surface area contributed by atoms with Crippen molar-refractivity contribution in [1.82, 2.24) is 9.55 Å². The predicted octanol–water partition coefficient (Wildman–Crippen LogP) is 6.49. The van der Waals surface area contributed by atoms with E-state index in [1.54, 1.807) is 40.2 Å². The summed E-state index contributed by atoms with van der Waals surface area (Å²) >= 11 is 8.80. The predicted molar refractivity (Wildman–Crippen MR) is 146 cm³/mol. The van der Waals surface area contributed by atoms with Crippen molar-refractivity contribution in [2.24, 2.45) is 0 Å². The number of benzene rings is 2. The zero-order valence-corrected chi connectivity index (χ0v) is 22.1. The van der Waals surface area contributed by atoms with Crippen molar-refractivity contribution < 1.29 is 9.53 Å². The Hall–Kier alpha value is -2.81. The third-order valence-electron chi connectivity index (χ3n) is 5.36. The van der Waals surface area contributed by atoms with Gasteiger partial charge in [0.05, 0.1) is 23.4 Å². The Balaban J connectivity index is 1.71. The highest BCUT2D eigenvalue weighted by Crippen LogP contribution is 2.31. The van der Waals surface area contributed by atoms with Gasteiger partial charge in [0, 0.05) is 15.6 Å². The lowest BCUT2D eigenvalue weighted by molar-refractivity contribution is -0.113. The molecule has 0 saturated heterocycles. The average Bonchev–Trinajstić information content (AvgIpc) is 3.14. The van der Waals surface area contributed by atoms with E-state index in [1.165, 1.54) is 16.6 Å². The van der Waals surface area contributed by atoms with Crippen molar-refractivity contribution in [3.63, 3.8) is 0 Å². The molecule has 0 aliphatic heterocycles. The van der Waals surface area contributed by atoms with Crippen LogP contribution in [0.5, 0.6) is 5.75 Å². The minimum absolute atomic E-state index is 0.0909. The van der Waals surface area contributed by atoms with Crippen LogP contribution in [0.2, 0.25) is 5.02 Å². The topological polar surface area (TPSA) is 73.2 Å². The molecule has 2 aromatic heterocycles. The van der Waals surface area contributed by atoms with Gasteiger partial charge in [-0.1, -0.05) is 42.8 Å². The highest BCUT2D eigenvalue weighted by molar-refractivity contribution is 7.99. The highest BCUT2D eigenvalue weighted by atomic mass is 35.5. The first-order chi connectivity index (χ1) is 16.9. The Morgan fingerprint density at radius 2 is 1.97 bits per heavy atom. The average molecular weight is 528 g/mol. The molecule has 0 atom stereocenters. The first-order valence-electron chi connectivity index (χ1n) is 11.4. The SMILES string of the molecule is CCCc1sc2nc(SCC(=O)Nc3cccc(Cl)c3)n(-c3ccc(OCC)cc3)c(=O)c2c1C. The van der Waals surface area contributed by atoms with E-state index in [0.29, 0.717) is 38.4 Å². The van der Waals surface area contributed by atoms with Gasteiger partial charge in [-0.15, -0.1) is 11.3 Å². The molecular weight excluding hydrogens is 502 g/mol. The van der Waals surface area contributed by atoms with Gasteiger partial charge >= 0.3 is 0 Å². The van der Waals surface area contributed by atoms with Crippen LogP contribution in [0.25, 0.3) is 15.9 Å². The zero-order valence-electron chi connectivity index (χ0n) is 19.8. The molecule has 0 radical (unpaired) electrons. The number of nitrogens with zero attached hydrogens (tertiary/aromatic N) is 2. The number of hydrogen-bond donors (Lipinski definition) is 1. The summed E-state index contributed by atoms with van der Waals surface area (Å²) in [4.78, 5) is 33.1. The van der Waals surface area contributed by atoms with Crippen LogP contribution in [-0.4, -0.2) is 27.8 Å². The lowest BCUT2D eigenvalue weighted by atomic mass is 10.1. The molecule has 0 aliphatic carbocycles. The molecule has 0 fully saturated rings. The molecule has 35 heavy (non-hydrogen) atoms. The number of aryl methyl sites for hydroxylation is 2. The lowest BCUT2D eigenvalue weighted by Crippen LogP contribution is -2.22. The Morgan fingerprint density at radius 1 is 1.20 bits per heavy atom. The largest absolute Gasteiger partial charge is 0.494 e. The van der Waals surface area contributed by atoms with E-state index in [-0.39, 0.29) is 17.2 Å². The van der Waals surface area contributed by atoms with Gasteiger partial charge in [-0.2, -0.15) is 0 Å². The second-order valence-electron chi connectivity index (χ2n) is 7.89. The van der Waals surface area contributed by atoms with Gasteiger partial charge in [0.15, 0.2) is 5.16 Å². The van der Waals surface area contributed by atoms with E-state index in [2.05, 4.69) is 12.2 Å². The minimum atomic E-state index is -0.209. The summed E-state index contributed by atoms with van der Waals surface area (Å²) in [5.41, 5.74) is 2.15. The van der Waals surface area contributed by atoms with Crippen LogP contribution in [0.3, 0.4) is 0 Å². The summed E-state index contributed by atoms with van der Waals surface area (Å²) in [5, 5.41) is 4.50. The number of carbonyl (C=O) groups is 1. The maximum Gasteiger partial charge on any atom is 0.267 e. The van der Waals surface area contributed by atoms with Crippen LogP contribution < -0.4 is 15.6 Å². The van der Waals surface area contributed by atoms with Crippen LogP contribution >= 0.6 is 34.7 Å². The second kappa shape index (κ2) is 11.3. The van der Waals surface area contributed by atoms with Gasteiger partial charge < -0.3 is 10.1 Å². The highest BCUT2D eigenvalue weighted by Gasteiger charge is 2.20. The normalized spacial score (nSPS) is 11.1.